The summed E-state index contributed by atoms with van der Waals surface area (Å²) < 4.78 is 0. The summed E-state index contributed by atoms with van der Waals surface area (Å²) in [7, 11) is 0. The summed E-state index contributed by atoms with van der Waals surface area (Å²) in [6.07, 6.45) is 9.26. The second kappa shape index (κ2) is 4.40. The summed E-state index contributed by atoms with van der Waals surface area (Å²) in [5.74, 6) is 2.59. The van der Waals surface area contributed by atoms with Crippen molar-refractivity contribution >= 4 is 0 Å². The lowest BCUT2D eigenvalue weighted by atomic mass is 9.68. The zero-order valence-electron chi connectivity index (χ0n) is 12.1. The molecule has 1 aromatic rings. The highest BCUT2D eigenvalue weighted by atomic mass is 15.0. The van der Waals surface area contributed by atoms with Crippen molar-refractivity contribution in [3.05, 3.63) is 17.2 Å². The smallest absolute Gasteiger partial charge is 0.110 e. The Morgan fingerprint density at radius 1 is 1.17 bits per heavy atom. The maximum absolute atomic E-state index is 5.00. The third-order valence-corrected chi connectivity index (χ3v) is 5.20. The molecule has 18 heavy (non-hydrogen) atoms. The van der Waals surface area contributed by atoms with Crippen LogP contribution < -0.4 is 0 Å². The molecule has 2 aliphatic rings. The van der Waals surface area contributed by atoms with E-state index in [-0.39, 0.29) is 0 Å². The molecule has 1 aromatic heterocycles. The van der Waals surface area contributed by atoms with Crippen LogP contribution in [0.25, 0.3) is 0 Å². The Labute approximate surface area is 111 Å². The third kappa shape index (κ3) is 2.00. The van der Waals surface area contributed by atoms with Crippen LogP contribution in [0.3, 0.4) is 0 Å². The van der Waals surface area contributed by atoms with Gasteiger partial charge in [-0.2, -0.15) is 0 Å². The van der Waals surface area contributed by atoms with Gasteiger partial charge in [0.15, 0.2) is 0 Å². The van der Waals surface area contributed by atoms with E-state index in [1.54, 1.807) is 0 Å². The van der Waals surface area contributed by atoms with Crippen molar-refractivity contribution in [2.24, 2.45) is 5.41 Å². The van der Waals surface area contributed by atoms with Gasteiger partial charge in [0.1, 0.15) is 5.82 Å². The van der Waals surface area contributed by atoms with Gasteiger partial charge in [0.2, 0.25) is 0 Å². The molecular formula is C16H26N2. The minimum Gasteiger partial charge on any atom is -0.345 e. The fourth-order valence-corrected chi connectivity index (χ4v) is 3.93. The molecule has 1 heterocycles. The lowest BCUT2D eigenvalue weighted by Gasteiger charge is -2.37. The van der Waals surface area contributed by atoms with Crippen molar-refractivity contribution in [2.45, 2.75) is 77.6 Å². The van der Waals surface area contributed by atoms with Gasteiger partial charge in [0, 0.05) is 17.5 Å². The van der Waals surface area contributed by atoms with Gasteiger partial charge in [-0.05, 0) is 37.5 Å². The van der Waals surface area contributed by atoms with Gasteiger partial charge >= 0.3 is 0 Å². The van der Waals surface area contributed by atoms with Crippen LogP contribution in [0, 0.1) is 5.41 Å². The third-order valence-electron chi connectivity index (χ3n) is 5.20. The summed E-state index contributed by atoms with van der Waals surface area (Å²) >= 11 is 0. The number of H-pyrrole nitrogens is 1. The Bertz CT molecular complexity index is 430. The maximum Gasteiger partial charge on any atom is 0.110 e. The molecule has 0 bridgehead atoms. The molecule has 3 rings (SSSR count). The average molecular weight is 246 g/mol. The van der Waals surface area contributed by atoms with Gasteiger partial charge in [0.05, 0.1) is 5.69 Å². The van der Waals surface area contributed by atoms with Crippen LogP contribution in [0.1, 0.15) is 88.3 Å². The van der Waals surface area contributed by atoms with Crippen LogP contribution in [-0.4, -0.2) is 9.97 Å². The van der Waals surface area contributed by atoms with Crippen molar-refractivity contribution in [1.82, 2.24) is 9.97 Å². The van der Waals surface area contributed by atoms with E-state index in [1.165, 1.54) is 62.2 Å². The molecule has 0 aromatic carbocycles. The van der Waals surface area contributed by atoms with Gasteiger partial charge in [-0.25, -0.2) is 4.98 Å². The minimum absolute atomic E-state index is 0.419. The van der Waals surface area contributed by atoms with Crippen LogP contribution in [-0.2, 0) is 6.42 Å². The Morgan fingerprint density at radius 3 is 2.72 bits per heavy atom. The molecule has 100 valence electrons. The molecule has 0 spiro atoms. The topological polar surface area (TPSA) is 28.7 Å². The second-order valence-corrected chi connectivity index (χ2v) is 7.07. The predicted molar refractivity (Wildman–Crippen MR) is 74.9 cm³/mol. The molecule has 0 radical (unpaired) electrons. The van der Waals surface area contributed by atoms with Crippen molar-refractivity contribution in [3.8, 4) is 0 Å². The summed E-state index contributed by atoms with van der Waals surface area (Å²) in [6, 6.07) is 0. The lowest BCUT2D eigenvalue weighted by Crippen LogP contribution is -2.26. The normalized spacial score (nSPS) is 31.1. The van der Waals surface area contributed by atoms with E-state index in [2.05, 4.69) is 25.8 Å². The van der Waals surface area contributed by atoms with E-state index >= 15 is 0 Å². The summed E-state index contributed by atoms with van der Waals surface area (Å²) in [5, 5.41) is 0. The van der Waals surface area contributed by atoms with Crippen LogP contribution in [0.2, 0.25) is 0 Å². The molecule has 1 fully saturated rings. The van der Waals surface area contributed by atoms with Crippen LogP contribution in [0.5, 0.6) is 0 Å². The van der Waals surface area contributed by atoms with E-state index in [1.807, 2.05) is 0 Å². The van der Waals surface area contributed by atoms with E-state index in [0.29, 0.717) is 17.3 Å². The quantitative estimate of drug-likeness (QED) is 0.774. The number of hydrogen-bond acceptors (Lipinski definition) is 1. The lowest BCUT2D eigenvalue weighted by molar-refractivity contribution is 0.193. The molecule has 0 amide bonds. The average Bonchev–Trinajstić information content (AvgIpc) is 2.73. The molecule has 2 atom stereocenters. The highest BCUT2D eigenvalue weighted by Crippen LogP contribution is 2.46. The fourth-order valence-electron chi connectivity index (χ4n) is 3.93. The van der Waals surface area contributed by atoms with Gasteiger partial charge in [0.25, 0.3) is 0 Å². The number of aromatic nitrogens is 2. The van der Waals surface area contributed by atoms with Crippen LogP contribution in [0.4, 0.5) is 0 Å². The molecule has 2 aliphatic carbocycles. The van der Waals surface area contributed by atoms with Gasteiger partial charge in [-0.15, -0.1) is 0 Å². The number of nitrogens with zero attached hydrogens (tertiary/aromatic N) is 1. The number of hydrogen-bond donors (Lipinski definition) is 1. The molecule has 2 unspecified atom stereocenters. The van der Waals surface area contributed by atoms with E-state index in [9.17, 15) is 0 Å². The number of nitrogens with one attached hydrogen (secondary N) is 1. The summed E-state index contributed by atoms with van der Waals surface area (Å²) in [4.78, 5) is 8.67. The van der Waals surface area contributed by atoms with Gasteiger partial charge in [-0.1, -0.05) is 33.6 Å². The Kier molecular flexibility index (Phi) is 2.99. The zero-order valence-corrected chi connectivity index (χ0v) is 12.1. The minimum atomic E-state index is 0.419. The SMILES string of the molecule is CC1CCCc2[nH]c(C3CCCCC3(C)C)nc21. The monoisotopic (exact) mass is 246 g/mol. The molecular weight excluding hydrogens is 220 g/mol. The van der Waals surface area contributed by atoms with Crippen molar-refractivity contribution in [3.63, 3.8) is 0 Å². The first-order valence-corrected chi connectivity index (χ1v) is 7.66. The van der Waals surface area contributed by atoms with Crippen LogP contribution >= 0.6 is 0 Å². The summed E-state index contributed by atoms with van der Waals surface area (Å²) in [6.45, 7) is 7.16. The number of fused-ring (bicyclic) bond motifs is 1. The van der Waals surface area contributed by atoms with Crippen molar-refractivity contribution in [1.29, 1.82) is 0 Å². The van der Waals surface area contributed by atoms with Gasteiger partial charge < -0.3 is 4.98 Å². The first-order chi connectivity index (χ1) is 8.58. The molecule has 1 N–H and O–H groups in total. The predicted octanol–water partition coefficient (Wildman–Crippen LogP) is 4.53. The number of rotatable bonds is 1. The summed E-state index contributed by atoms with van der Waals surface area (Å²) in [5.41, 5.74) is 3.23. The highest BCUT2D eigenvalue weighted by Gasteiger charge is 2.36. The van der Waals surface area contributed by atoms with Crippen molar-refractivity contribution < 1.29 is 0 Å². The fraction of sp³-hybridized carbons (Fsp3) is 0.812. The molecule has 0 aliphatic heterocycles. The first kappa shape index (κ1) is 12.3. The largest absolute Gasteiger partial charge is 0.345 e. The zero-order chi connectivity index (χ0) is 12.8. The Morgan fingerprint density at radius 2 is 2.00 bits per heavy atom. The van der Waals surface area contributed by atoms with Crippen LogP contribution in [0.15, 0.2) is 0 Å². The van der Waals surface area contributed by atoms with Gasteiger partial charge in [-0.3, -0.25) is 0 Å². The Balaban J connectivity index is 1.92. The first-order valence-electron chi connectivity index (χ1n) is 7.66. The van der Waals surface area contributed by atoms with E-state index in [4.69, 9.17) is 4.98 Å². The highest BCUT2D eigenvalue weighted by molar-refractivity contribution is 5.23. The standard InChI is InChI=1S/C16H26N2/c1-11-7-6-9-13-14(11)18-15(17-13)12-8-4-5-10-16(12,2)3/h11-12H,4-10H2,1-3H3,(H,17,18). The molecule has 2 heteroatoms. The second-order valence-electron chi connectivity index (χ2n) is 7.07. The van der Waals surface area contributed by atoms with E-state index in [0.717, 1.165) is 0 Å². The molecule has 2 nitrogen and oxygen atoms in total. The van der Waals surface area contributed by atoms with E-state index < -0.39 is 0 Å². The van der Waals surface area contributed by atoms with Crippen molar-refractivity contribution in [2.75, 3.05) is 0 Å². The number of aromatic amines is 1. The molecule has 1 saturated carbocycles. The maximum atomic E-state index is 5.00. The Hall–Kier alpha value is -0.790. The number of aryl methyl sites for hydroxylation is 1. The molecule has 0 saturated heterocycles. The number of imidazole rings is 1.